The smallest absolute Gasteiger partial charge is 0.226 e. The second-order valence-electron chi connectivity index (χ2n) is 3.10. The van der Waals surface area contributed by atoms with E-state index < -0.39 is 0 Å². The molecule has 0 fully saturated rings. The van der Waals surface area contributed by atoms with Crippen LogP contribution in [0.25, 0.3) is 0 Å². The molecule has 0 aliphatic rings. The number of nitrogens with two attached hydrogens (primary N) is 1. The lowest BCUT2D eigenvalue weighted by molar-refractivity contribution is -0.116. The molecule has 3 N–H and O–H groups in total. The van der Waals surface area contributed by atoms with Crippen molar-refractivity contribution in [3.63, 3.8) is 0 Å². The number of hydrogen-bond donors (Lipinski definition) is 2. The van der Waals surface area contributed by atoms with E-state index in [0.717, 1.165) is 17.0 Å². The Bertz CT molecular complexity index is 308. The number of aryl methyl sites for hydroxylation is 2. The molecular formula is C9H16ClN3OS. The van der Waals surface area contributed by atoms with E-state index in [1.54, 1.807) is 0 Å². The van der Waals surface area contributed by atoms with Crippen molar-refractivity contribution >= 4 is 34.8 Å². The van der Waals surface area contributed by atoms with E-state index in [1.165, 1.54) is 11.3 Å². The first-order valence-corrected chi connectivity index (χ1v) is 5.39. The topological polar surface area (TPSA) is 68.0 Å². The molecule has 15 heavy (non-hydrogen) atoms. The molecule has 0 saturated heterocycles. The normalized spacial score (nSPS) is 9.53. The summed E-state index contributed by atoms with van der Waals surface area (Å²) in [6.45, 7) is 4.47. The van der Waals surface area contributed by atoms with E-state index in [2.05, 4.69) is 10.3 Å². The summed E-state index contributed by atoms with van der Waals surface area (Å²) in [4.78, 5) is 16.6. The number of halogens is 1. The van der Waals surface area contributed by atoms with Crippen molar-refractivity contribution in [2.45, 2.75) is 26.7 Å². The van der Waals surface area contributed by atoms with Gasteiger partial charge in [0.05, 0.1) is 5.69 Å². The predicted octanol–water partition coefficient (Wildman–Crippen LogP) is 1.86. The minimum atomic E-state index is -0.01000. The van der Waals surface area contributed by atoms with Crippen molar-refractivity contribution < 1.29 is 4.79 Å². The lowest BCUT2D eigenvalue weighted by Crippen LogP contribution is -2.13. The molecule has 0 atom stereocenters. The Morgan fingerprint density at radius 1 is 1.53 bits per heavy atom. The monoisotopic (exact) mass is 249 g/mol. The molecular weight excluding hydrogens is 234 g/mol. The van der Waals surface area contributed by atoms with Gasteiger partial charge in [-0.2, -0.15) is 0 Å². The van der Waals surface area contributed by atoms with Crippen molar-refractivity contribution in [2.24, 2.45) is 5.73 Å². The number of amides is 1. The average molecular weight is 250 g/mol. The highest BCUT2D eigenvalue weighted by atomic mass is 35.5. The van der Waals surface area contributed by atoms with E-state index in [0.29, 0.717) is 18.1 Å². The van der Waals surface area contributed by atoms with Crippen LogP contribution in [-0.4, -0.2) is 17.4 Å². The second kappa shape index (κ2) is 6.76. The molecule has 4 nitrogen and oxygen atoms in total. The molecule has 0 aliphatic carbocycles. The van der Waals surface area contributed by atoms with Gasteiger partial charge in [-0.1, -0.05) is 0 Å². The maximum absolute atomic E-state index is 11.3. The predicted molar refractivity (Wildman–Crippen MR) is 65.8 cm³/mol. The number of rotatable bonds is 4. The standard InChI is InChI=1S/C9H15N3OS.ClH/c1-6-7(2)14-9(11-6)12-8(13)4-3-5-10;/h3-5,10H2,1-2H3,(H,11,12,13);1H. The fourth-order valence-electron chi connectivity index (χ4n) is 0.971. The van der Waals surface area contributed by atoms with Crippen LogP contribution in [0.3, 0.4) is 0 Å². The first kappa shape index (κ1) is 14.3. The Balaban J connectivity index is 0.00000196. The summed E-state index contributed by atoms with van der Waals surface area (Å²) in [6.07, 6.45) is 1.18. The molecule has 6 heteroatoms. The molecule has 0 bridgehead atoms. The molecule has 1 aromatic rings. The molecule has 1 aromatic heterocycles. The van der Waals surface area contributed by atoms with Gasteiger partial charge in [0.25, 0.3) is 0 Å². The highest BCUT2D eigenvalue weighted by molar-refractivity contribution is 7.15. The maximum Gasteiger partial charge on any atom is 0.226 e. The Kier molecular flexibility index (Phi) is 6.47. The number of thiazole rings is 1. The number of nitrogens with one attached hydrogen (secondary N) is 1. The Hall–Kier alpha value is -0.650. The molecule has 0 spiro atoms. The molecule has 1 rings (SSSR count). The molecule has 86 valence electrons. The van der Waals surface area contributed by atoms with Gasteiger partial charge in [0.15, 0.2) is 5.13 Å². The largest absolute Gasteiger partial charge is 0.330 e. The van der Waals surface area contributed by atoms with Crippen molar-refractivity contribution in [3.8, 4) is 0 Å². The number of aromatic nitrogens is 1. The van der Waals surface area contributed by atoms with Crippen LogP contribution >= 0.6 is 23.7 Å². The summed E-state index contributed by atoms with van der Waals surface area (Å²) in [5.74, 6) is -0.01000. The highest BCUT2D eigenvalue weighted by Crippen LogP contribution is 2.21. The summed E-state index contributed by atoms with van der Waals surface area (Å²) in [7, 11) is 0. The van der Waals surface area contributed by atoms with Gasteiger partial charge >= 0.3 is 0 Å². The van der Waals surface area contributed by atoms with Crippen molar-refractivity contribution in [1.29, 1.82) is 0 Å². The lowest BCUT2D eigenvalue weighted by Gasteiger charge is -1.99. The molecule has 0 aliphatic heterocycles. The summed E-state index contributed by atoms with van der Waals surface area (Å²) >= 11 is 1.50. The Morgan fingerprint density at radius 3 is 2.67 bits per heavy atom. The molecule has 0 saturated carbocycles. The van der Waals surface area contributed by atoms with Gasteiger partial charge in [0.2, 0.25) is 5.91 Å². The van der Waals surface area contributed by atoms with E-state index in [1.807, 2.05) is 13.8 Å². The van der Waals surface area contributed by atoms with Gasteiger partial charge in [-0.05, 0) is 26.8 Å². The van der Waals surface area contributed by atoms with E-state index in [-0.39, 0.29) is 18.3 Å². The van der Waals surface area contributed by atoms with Crippen LogP contribution in [0.4, 0.5) is 5.13 Å². The summed E-state index contributed by atoms with van der Waals surface area (Å²) < 4.78 is 0. The fourth-order valence-corrected chi connectivity index (χ4v) is 1.80. The number of hydrogen-bond acceptors (Lipinski definition) is 4. The van der Waals surface area contributed by atoms with Gasteiger partial charge in [0, 0.05) is 11.3 Å². The average Bonchev–Trinajstić information content (AvgIpc) is 2.42. The van der Waals surface area contributed by atoms with Crippen molar-refractivity contribution in [1.82, 2.24) is 4.98 Å². The first-order valence-electron chi connectivity index (χ1n) is 4.57. The van der Waals surface area contributed by atoms with Crippen molar-refractivity contribution in [2.75, 3.05) is 11.9 Å². The minimum Gasteiger partial charge on any atom is -0.330 e. The van der Waals surface area contributed by atoms with Crippen LogP contribution in [0, 0.1) is 13.8 Å². The van der Waals surface area contributed by atoms with Gasteiger partial charge in [-0.25, -0.2) is 4.98 Å². The fraction of sp³-hybridized carbons (Fsp3) is 0.556. The number of nitrogens with zero attached hydrogens (tertiary/aromatic N) is 1. The maximum atomic E-state index is 11.3. The number of carbonyl (C=O) groups is 1. The zero-order valence-electron chi connectivity index (χ0n) is 8.87. The van der Waals surface area contributed by atoms with Crippen LogP contribution < -0.4 is 11.1 Å². The van der Waals surface area contributed by atoms with Crippen LogP contribution in [0.1, 0.15) is 23.4 Å². The first-order chi connectivity index (χ1) is 6.63. The third kappa shape index (κ3) is 4.59. The highest BCUT2D eigenvalue weighted by Gasteiger charge is 2.06. The third-order valence-corrected chi connectivity index (χ3v) is 2.87. The van der Waals surface area contributed by atoms with Crippen LogP contribution in [-0.2, 0) is 4.79 Å². The Morgan fingerprint density at radius 2 is 2.20 bits per heavy atom. The lowest BCUT2D eigenvalue weighted by atomic mass is 10.3. The Labute approximate surface area is 99.7 Å². The molecule has 1 amide bonds. The van der Waals surface area contributed by atoms with Crippen molar-refractivity contribution in [3.05, 3.63) is 10.6 Å². The molecule has 0 aromatic carbocycles. The van der Waals surface area contributed by atoms with Gasteiger partial charge in [-0.3, -0.25) is 4.79 Å². The molecule has 0 radical (unpaired) electrons. The van der Waals surface area contributed by atoms with E-state index >= 15 is 0 Å². The quantitative estimate of drug-likeness (QED) is 0.856. The second-order valence-corrected chi connectivity index (χ2v) is 4.30. The minimum absolute atomic E-state index is 0. The summed E-state index contributed by atoms with van der Waals surface area (Å²) in [5, 5.41) is 3.43. The number of carbonyl (C=O) groups excluding carboxylic acids is 1. The van der Waals surface area contributed by atoms with Crippen LogP contribution in [0.5, 0.6) is 0 Å². The third-order valence-electron chi connectivity index (χ3n) is 1.88. The number of anilines is 1. The summed E-state index contributed by atoms with van der Waals surface area (Å²) in [5.41, 5.74) is 6.28. The molecule has 1 heterocycles. The zero-order chi connectivity index (χ0) is 10.6. The zero-order valence-corrected chi connectivity index (χ0v) is 10.5. The van der Waals surface area contributed by atoms with E-state index in [4.69, 9.17) is 5.73 Å². The summed E-state index contributed by atoms with van der Waals surface area (Å²) in [6, 6.07) is 0. The van der Waals surface area contributed by atoms with Crippen LogP contribution in [0.2, 0.25) is 0 Å². The van der Waals surface area contributed by atoms with E-state index in [9.17, 15) is 4.79 Å². The van der Waals surface area contributed by atoms with Gasteiger partial charge in [0.1, 0.15) is 0 Å². The van der Waals surface area contributed by atoms with Gasteiger partial charge in [-0.15, -0.1) is 23.7 Å². The molecule has 0 unspecified atom stereocenters. The van der Waals surface area contributed by atoms with Crippen LogP contribution in [0.15, 0.2) is 0 Å². The SMILES string of the molecule is Cc1nc(NC(=O)CCCN)sc1C.Cl. The van der Waals surface area contributed by atoms with Gasteiger partial charge < -0.3 is 11.1 Å².